The minimum Gasteiger partial charge on any atom is -0.494 e. The first-order chi connectivity index (χ1) is 8.70. The summed E-state index contributed by atoms with van der Waals surface area (Å²) in [6.45, 7) is 4.46. The third-order valence-electron chi connectivity index (χ3n) is 2.67. The maximum absolute atomic E-state index is 10.3. The van der Waals surface area contributed by atoms with Gasteiger partial charge in [0.1, 0.15) is 11.9 Å². The van der Waals surface area contributed by atoms with Crippen molar-refractivity contribution in [1.82, 2.24) is 4.98 Å². The van der Waals surface area contributed by atoms with Crippen molar-refractivity contribution in [3.05, 3.63) is 59.4 Å². The van der Waals surface area contributed by atoms with Crippen LogP contribution in [0.25, 0.3) is 0 Å². The summed E-state index contributed by atoms with van der Waals surface area (Å²) in [5, 5.41) is 10.3. The van der Waals surface area contributed by atoms with Gasteiger partial charge in [0.25, 0.3) is 0 Å². The molecule has 1 aromatic carbocycles. The number of aryl methyl sites for hydroxylation is 1. The molecule has 0 amide bonds. The van der Waals surface area contributed by atoms with Crippen LogP contribution in [-0.4, -0.2) is 16.7 Å². The molecule has 1 aromatic heterocycles. The molecule has 0 radical (unpaired) electrons. The molecule has 0 aliphatic heterocycles. The van der Waals surface area contributed by atoms with Crippen LogP contribution in [-0.2, 0) is 0 Å². The number of benzene rings is 1. The second kappa shape index (κ2) is 5.65. The fourth-order valence-corrected chi connectivity index (χ4v) is 1.83. The van der Waals surface area contributed by atoms with E-state index in [4.69, 9.17) is 4.74 Å². The van der Waals surface area contributed by atoms with Gasteiger partial charge in [-0.15, -0.1) is 0 Å². The Labute approximate surface area is 107 Å². The maximum Gasteiger partial charge on any atom is 0.121 e. The standard InChI is InChI=1S/C15H17NO2/c1-3-18-13-8-5-7-12(10-13)15(17)14-9-4-6-11(2)16-14/h4-10,15,17H,3H2,1-2H3. The van der Waals surface area contributed by atoms with Crippen LogP contribution in [0.5, 0.6) is 5.75 Å². The van der Waals surface area contributed by atoms with Crippen molar-refractivity contribution in [3.8, 4) is 5.75 Å². The monoisotopic (exact) mass is 243 g/mol. The molecule has 0 aliphatic carbocycles. The Morgan fingerprint density at radius 3 is 2.72 bits per heavy atom. The smallest absolute Gasteiger partial charge is 0.121 e. The van der Waals surface area contributed by atoms with Crippen molar-refractivity contribution in [1.29, 1.82) is 0 Å². The molecule has 0 bridgehead atoms. The van der Waals surface area contributed by atoms with E-state index in [1.54, 1.807) is 0 Å². The van der Waals surface area contributed by atoms with Crippen molar-refractivity contribution in [2.45, 2.75) is 20.0 Å². The largest absolute Gasteiger partial charge is 0.494 e. The lowest BCUT2D eigenvalue weighted by molar-refractivity contribution is 0.214. The molecule has 3 nitrogen and oxygen atoms in total. The molecule has 18 heavy (non-hydrogen) atoms. The number of aliphatic hydroxyl groups excluding tert-OH is 1. The molecule has 2 rings (SSSR count). The first-order valence-electron chi connectivity index (χ1n) is 6.05. The molecule has 3 heteroatoms. The zero-order valence-corrected chi connectivity index (χ0v) is 10.6. The van der Waals surface area contributed by atoms with Gasteiger partial charge in [-0.1, -0.05) is 18.2 Å². The highest BCUT2D eigenvalue weighted by Crippen LogP contribution is 2.24. The molecule has 0 saturated carbocycles. The quantitative estimate of drug-likeness (QED) is 0.897. The Balaban J connectivity index is 2.27. The fraction of sp³-hybridized carbons (Fsp3) is 0.267. The van der Waals surface area contributed by atoms with Crippen LogP contribution in [0, 0.1) is 6.92 Å². The van der Waals surface area contributed by atoms with Crippen molar-refractivity contribution in [2.24, 2.45) is 0 Å². The second-order valence-corrected chi connectivity index (χ2v) is 4.11. The van der Waals surface area contributed by atoms with Gasteiger partial charge in [-0.3, -0.25) is 4.98 Å². The summed E-state index contributed by atoms with van der Waals surface area (Å²) >= 11 is 0. The highest BCUT2D eigenvalue weighted by Gasteiger charge is 2.12. The van der Waals surface area contributed by atoms with Crippen molar-refractivity contribution >= 4 is 0 Å². The zero-order valence-electron chi connectivity index (χ0n) is 10.6. The van der Waals surface area contributed by atoms with Gasteiger partial charge in [-0.05, 0) is 43.7 Å². The van der Waals surface area contributed by atoms with Crippen LogP contribution in [0.2, 0.25) is 0 Å². The third-order valence-corrected chi connectivity index (χ3v) is 2.67. The number of hydrogen-bond acceptors (Lipinski definition) is 3. The van der Waals surface area contributed by atoms with Crippen molar-refractivity contribution < 1.29 is 9.84 Å². The fourth-order valence-electron chi connectivity index (χ4n) is 1.83. The molecule has 1 atom stereocenters. The topological polar surface area (TPSA) is 42.4 Å². The van der Waals surface area contributed by atoms with Crippen LogP contribution in [0.3, 0.4) is 0 Å². The molecule has 1 unspecified atom stereocenters. The third kappa shape index (κ3) is 2.87. The lowest BCUT2D eigenvalue weighted by Gasteiger charge is -2.12. The molecule has 1 heterocycles. The Morgan fingerprint density at radius 2 is 2.00 bits per heavy atom. The molecule has 0 saturated heterocycles. The van der Waals surface area contributed by atoms with Gasteiger partial charge in [-0.2, -0.15) is 0 Å². The normalized spacial score (nSPS) is 12.2. The number of hydrogen-bond donors (Lipinski definition) is 1. The molecular formula is C15H17NO2. The first kappa shape index (κ1) is 12.6. The number of nitrogens with zero attached hydrogens (tertiary/aromatic N) is 1. The summed E-state index contributed by atoms with van der Waals surface area (Å²) in [5.41, 5.74) is 2.34. The average molecular weight is 243 g/mol. The Bertz CT molecular complexity index is 525. The van der Waals surface area contributed by atoms with Gasteiger partial charge in [-0.25, -0.2) is 0 Å². The number of ether oxygens (including phenoxy) is 1. The highest BCUT2D eigenvalue weighted by atomic mass is 16.5. The lowest BCUT2D eigenvalue weighted by atomic mass is 10.1. The molecular weight excluding hydrogens is 226 g/mol. The van der Waals surface area contributed by atoms with Gasteiger partial charge in [0.05, 0.1) is 12.3 Å². The molecule has 1 N–H and O–H groups in total. The summed E-state index contributed by atoms with van der Waals surface area (Å²) in [5.74, 6) is 0.765. The molecule has 0 fully saturated rings. The SMILES string of the molecule is CCOc1cccc(C(O)c2cccc(C)n2)c1. The van der Waals surface area contributed by atoms with E-state index in [-0.39, 0.29) is 0 Å². The van der Waals surface area contributed by atoms with Gasteiger partial charge < -0.3 is 9.84 Å². The van der Waals surface area contributed by atoms with Gasteiger partial charge in [0.2, 0.25) is 0 Å². The minimum absolute atomic E-state index is 0.613. The summed E-state index contributed by atoms with van der Waals surface area (Å²) in [6.07, 6.45) is -0.717. The average Bonchev–Trinajstić information content (AvgIpc) is 2.39. The Morgan fingerprint density at radius 1 is 1.22 bits per heavy atom. The number of pyridine rings is 1. The van der Waals surface area contributed by atoms with E-state index in [2.05, 4.69) is 4.98 Å². The molecule has 2 aromatic rings. The van der Waals surface area contributed by atoms with E-state index >= 15 is 0 Å². The van der Waals surface area contributed by atoms with Crippen LogP contribution < -0.4 is 4.74 Å². The van der Waals surface area contributed by atoms with Crippen LogP contribution in [0.15, 0.2) is 42.5 Å². The molecule has 0 spiro atoms. The number of aliphatic hydroxyl groups is 1. The van der Waals surface area contributed by atoms with Gasteiger partial charge in [0, 0.05) is 5.69 Å². The van der Waals surface area contributed by atoms with Gasteiger partial charge in [0.15, 0.2) is 0 Å². The second-order valence-electron chi connectivity index (χ2n) is 4.11. The van der Waals surface area contributed by atoms with Gasteiger partial charge >= 0.3 is 0 Å². The van der Waals surface area contributed by atoms with Crippen LogP contribution in [0.1, 0.15) is 30.0 Å². The van der Waals surface area contributed by atoms with Crippen LogP contribution >= 0.6 is 0 Å². The molecule has 0 aliphatic rings. The van der Waals surface area contributed by atoms with E-state index in [9.17, 15) is 5.11 Å². The van der Waals surface area contributed by atoms with E-state index in [1.165, 1.54) is 0 Å². The van der Waals surface area contributed by atoms with Crippen molar-refractivity contribution in [2.75, 3.05) is 6.61 Å². The number of aromatic nitrogens is 1. The Hall–Kier alpha value is -1.87. The Kier molecular flexibility index (Phi) is 3.95. The highest BCUT2D eigenvalue weighted by molar-refractivity contribution is 5.33. The van der Waals surface area contributed by atoms with E-state index in [0.29, 0.717) is 12.3 Å². The minimum atomic E-state index is -0.717. The molecule has 94 valence electrons. The zero-order chi connectivity index (χ0) is 13.0. The van der Waals surface area contributed by atoms with E-state index in [1.807, 2.05) is 56.3 Å². The number of rotatable bonds is 4. The van der Waals surface area contributed by atoms with Crippen LogP contribution in [0.4, 0.5) is 0 Å². The van der Waals surface area contributed by atoms with Crippen molar-refractivity contribution in [3.63, 3.8) is 0 Å². The summed E-state index contributed by atoms with van der Waals surface area (Å²) < 4.78 is 5.42. The summed E-state index contributed by atoms with van der Waals surface area (Å²) in [6, 6.07) is 13.1. The first-order valence-corrected chi connectivity index (χ1v) is 6.05. The van der Waals surface area contributed by atoms with E-state index < -0.39 is 6.10 Å². The van der Waals surface area contributed by atoms with E-state index in [0.717, 1.165) is 17.0 Å². The lowest BCUT2D eigenvalue weighted by Crippen LogP contribution is -2.03. The summed E-state index contributed by atoms with van der Waals surface area (Å²) in [4.78, 5) is 4.33. The predicted molar refractivity (Wildman–Crippen MR) is 70.6 cm³/mol. The summed E-state index contributed by atoms with van der Waals surface area (Å²) in [7, 11) is 0. The predicted octanol–water partition coefficient (Wildman–Crippen LogP) is 2.87. The maximum atomic E-state index is 10.3.